The number of benzene rings is 3. The van der Waals surface area contributed by atoms with Crippen LogP contribution in [0.15, 0.2) is 89.8 Å². The van der Waals surface area contributed by atoms with E-state index in [4.69, 9.17) is 4.74 Å². The van der Waals surface area contributed by atoms with Gasteiger partial charge in [0.2, 0.25) is 0 Å². The number of anilines is 2. The minimum Gasteiger partial charge on any atom is -0.476 e. The maximum Gasteiger partial charge on any atom is 0.269 e. The van der Waals surface area contributed by atoms with Gasteiger partial charge in [0.25, 0.3) is 15.9 Å². The number of hydrogen-bond donors (Lipinski definition) is 0. The summed E-state index contributed by atoms with van der Waals surface area (Å²) in [5.74, 6) is 0.0389. The smallest absolute Gasteiger partial charge is 0.269 e. The average Bonchev–Trinajstić information content (AvgIpc) is 2.78. The van der Waals surface area contributed by atoms with Crippen LogP contribution in [-0.2, 0) is 14.8 Å². The van der Waals surface area contributed by atoms with E-state index in [1.807, 2.05) is 30.3 Å². The number of hydrogen-bond acceptors (Lipinski definition) is 4. The first-order valence-corrected chi connectivity index (χ1v) is 10.6. The number of para-hydroxylation sites is 3. The third-order valence-corrected chi connectivity index (χ3v) is 6.61. The van der Waals surface area contributed by atoms with Crippen LogP contribution in [0.1, 0.15) is 0 Å². The van der Waals surface area contributed by atoms with Gasteiger partial charge in [0.1, 0.15) is 5.75 Å². The third-order valence-electron chi connectivity index (χ3n) is 4.82. The third kappa shape index (κ3) is 3.56. The second-order valence-corrected chi connectivity index (χ2v) is 8.52. The maximum absolute atomic E-state index is 13.3. The van der Waals surface area contributed by atoms with Gasteiger partial charge in [-0.15, -0.1) is 0 Å². The Balaban J connectivity index is 1.71. The number of fused-ring (bicyclic) bond motifs is 1. The van der Waals surface area contributed by atoms with E-state index < -0.39 is 16.1 Å². The van der Waals surface area contributed by atoms with Crippen molar-refractivity contribution in [3.63, 3.8) is 0 Å². The summed E-state index contributed by atoms with van der Waals surface area (Å²) in [6.45, 7) is -0.107. The van der Waals surface area contributed by atoms with Crippen molar-refractivity contribution in [1.82, 2.24) is 0 Å². The summed E-state index contributed by atoms with van der Waals surface area (Å²) in [5, 5.41) is 0. The average molecular weight is 408 g/mol. The minimum atomic E-state index is -3.85. The molecule has 0 spiro atoms. The fourth-order valence-electron chi connectivity index (χ4n) is 3.27. The van der Waals surface area contributed by atoms with Gasteiger partial charge < -0.3 is 9.64 Å². The van der Waals surface area contributed by atoms with Crippen LogP contribution < -0.4 is 13.9 Å². The molecule has 0 aliphatic carbocycles. The quantitative estimate of drug-likeness (QED) is 0.664. The van der Waals surface area contributed by atoms with Gasteiger partial charge in [-0.05, 0) is 36.4 Å². The Kier molecular flexibility index (Phi) is 4.98. The Morgan fingerprint density at radius 3 is 2.21 bits per heavy atom. The van der Waals surface area contributed by atoms with Crippen LogP contribution in [0.4, 0.5) is 11.4 Å². The van der Waals surface area contributed by atoms with E-state index in [1.54, 1.807) is 61.6 Å². The summed E-state index contributed by atoms with van der Waals surface area (Å²) in [5.41, 5.74) is 1.13. The Labute approximate surface area is 170 Å². The molecule has 0 radical (unpaired) electrons. The molecule has 1 aliphatic rings. The molecule has 0 fully saturated rings. The lowest BCUT2D eigenvalue weighted by molar-refractivity contribution is -0.124. The van der Waals surface area contributed by atoms with Crippen LogP contribution in [0.5, 0.6) is 5.75 Å². The first-order valence-electron chi connectivity index (χ1n) is 9.14. The van der Waals surface area contributed by atoms with E-state index in [9.17, 15) is 13.2 Å². The maximum atomic E-state index is 13.3. The van der Waals surface area contributed by atoms with E-state index in [0.29, 0.717) is 17.1 Å². The Morgan fingerprint density at radius 2 is 1.52 bits per heavy atom. The Bertz CT molecular complexity index is 1120. The van der Waals surface area contributed by atoms with Crippen molar-refractivity contribution in [1.29, 1.82) is 0 Å². The molecular weight excluding hydrogens is 388 g/mol. The van der Waals surface area contributed by atoms with Crippen molar-refractivity contribution in [3.05, 3.63) is 84.9 Å². The van der Waals surface area contributed by atoms with Gasteiger partial charge in [0.05, 0.1) is 17.1 Å². The number of amides is 1. The highest BCUT2D eigenvalue weighted by Gasteiger charge is 2.38. The zero-order valence-electron chi connectivity index (χ0n) is 15.8. The van der Waals surface area contributed by atoms with Crippen LogP contribution in [0.25, 0.3) is 0 Å². The topological polar surface area (TPSA) is 66.9 Å². The molecule has 6 nitrogen and oxygen atoms in total. The van der Waals surface area contributed by atoms with Gasteiger partial charge in [0.15, 0.2) is 6.10 Å². The number of carbonyl (C=O) groups excluding carboxylic acids is 1. The van der Waals surface area contributed by atoms with Gasteiger partial charge in [0, 0.05) is 12.7 Å². The van der Waals surface area contributed by atoms with Gasteiger partial charge in [-0.3, -0.25) is 9.10 Å². The monoisotopic (exact) mass is 408 g/mol. The number of sulfonamides is 1. The second-order valence-electron chi connectivity index (χ2n) is 6.66. The normalized spacial score (nSPS) is 15.9. The summed E-state index contributed by atoms with van der Waals surface area (Å²) in [4.78, 5) is 14.7. The van der Waals surface area contributed by atoms with E-state index in [-0.39, 0.29) is 17.3 Å². The molecule has 0 aromatic heterocycles. The fraction of sp³-hybridized carbons (Fsp3) is 0.136. The molecule has 3 aromatic rings. The van der Waals surface area contributed by atoms with Crippen molar-refractivity contribution in [2.45, 2.75) is 11.0 Å². The molecule has 1 unspecified atom stereocenters. The SMILES string of the molecule is CN(C(=O)C1CN(S(=O)(=O)c2ccccc2)c2ccccc2O1)c1ccccc1. The largest absolute Gasteiger partial charge is 0.476 e. The zero-order valence-corrected chi connectivity index (χ0v) is 16.6. The molecule has 4 rings (SSSR count). The lowest BCUT2D eigenvalue weighted by Gasteiger charge is -2.36. The van der Waals surface area contributed by atoms with Crippen LogP contribution in [0.3, 0.4) is 0 Å². The van der Waals surface area contributed by atoms with Crippen molar-refractivity contribution < 1.29 is 17.9 Å². The van der Waals surface area contributed by atoms with Crippen molar-refractivity contribution >= 4 is 27.3 Å². The lowest BCUT2D eigenvalue weighted by Crippen LogP contribution is -2.51. The summed E-state index contributed by atoms with van der Waals surface area (Å²) in [6.07, 6.45) is -0.964. The highest BCUT2D eigenvalue weighted by atomic mass is 32.2. The molecule has 29 heavy (non-hydrogen) atoms. The van der Waals surface area contributed by atoms with Crippen molar-refractivity contribution in [2.24, 2.45) is 0 Å². The number of rotatable bonds is 4. The van der Waals surface area contributed by atoms with Crippen LogP contribution >= 0.6 is 0 Å². The summed E-state index contributed by atoms with van der Waals surface area (Å²) < 4.78 is 33.8. The molecule has 1 atom stereocenters. The second kappa shape index (κ2) is 7.60. The molecule has 1 aliphatic heterocycles. The molecule has 3 aromatic carbocycles. The summed E-state index contributed by atoms with van der Waals surface area (Å²) in [6, 6.07) is 24.2. The van der Waals surface area contributed by atoms with E-state index >= 15 is 0 Å². The number of likely N-dealkylation sites (N-methyl/N-ethyl adjacent to an activating group) is 1. The highest BCUT2D eigenvalue weighted by molar-refractivity contribution is 7.92. The molecule has 148 valence electrons. The van der Waals surface area contributed by atoms with Gasteiger partial charge in [-0.25, -0.2) is 8.42 Å². The highest BCUT2D eigenvalue weighted by Crippen LogP contribution is 2.37. The predicted octanol–water partition coefficient (Wildman–Crippen LogP) is 3.31. The summed E-state index contributed by atoms with van der Waals surface area (Å²) in [7, 11) is -2.20. The van der Waals surface area contributed by atoms with E-state index in [2.05, 4.69) is 0 Å². The molecular formula is C22H20N2O4S. The standard InChI is InChI=1S/C22H20N2O4S/c1-23(17-10-4-2-5-11-17)22(25)21-16-24(19-14-8-9-15-20(19)28-21)29(26,27)18-12-6-3-7-13-18/h2-15,21H,16H2,1H3. The number of nitrogens with zero attached hydrogens (tertiary/aromatic N) is 2. The van der Waals surface area contributed by atoms with Crippen LogP contribution in [0.2, 0.25) is 0 Å². The molecule has 1 amide bonds. The number of ether oxygens (including phenoxy) is 1. The Hall–Kier alpha value is -3.32. The summed E-state index contributed by atoms with van der Waals surface area (Å²) >= 11 is 0. The number of carbonyl (C=O) groups is 1. The van der Waals surface area contributed by atoms with Gasteiger partial charge in [-0.2, -0.15) is 0 Å². The first-order chi connectivity index (χ1) is 14.0. The van der Waals surface area contributed by atoms with Crippen molar-refractivity contribution in [2.75, 3.05) is 22.8 Å². The molecule has 0 bridgehead atoms. The van der Waals surface area contributed by atoms with Gasteiger partial charge >= 0.3 is 0 Å². The van der Waals surface area contributed by atoms with E-state index in [0.717, 1.165) is 0 Å². The lowest BCUT2D eigenvalue weighted by atomic mass is 10.2. The molecule has 1 heterocycles. The molecule has 7 heteroatoms. The van der Waals surface area contributed by atoms with Crippen LogP contribution in [0, 0.1) is 0 Å². The minimum absolute atomic E-state index is 0.107. The van der Waals surface area contributed by atoms with Crippen LogP contribution in [-0.4, -0.2) is 34.0 Å². The van der Waals surface area contributed by atoms with Crippen molar-refractivity contribution in [3.8, 4) is 5.75 Å². The van der Waals surface area contributed by atoms with Gasteiger partial charge in [-0.1, -0.05) is 48.5 Å². The first kappa shape index (κ1) is 19.0. The zero-order chi connectivity index (χ0) is 20.4. The predicted molar refractivity (Wildman–Crippen MR) is 112 cm³/mol. The molecule has 0 N–H and O–H groups in total. The van der Waals surface area contributed by atoms with E-state index in [1.165, 1.54) is 9.21 Å². The Morgan fingerprint density at radius 1 is 0.931 bits per heavy atom. The molecule has 0 saturated heterocycles. The molecule has 0 saturated carbocycles. The fourth-order valence-corrected chi connectivity index (χ4v) is 4.77.